The number of hydrogen-bond donors (Lipinski definition) is 21. The van der Waals surface area contributed by atoms with Crippen molar-refractivity contribution in [2.24, 2.45) is 11.8 Å². The van der Waals surface area contributed by atoms with Crippen LogP contribution in [-0.4, -0.2) is 350 Å². The summed E-state index contributed by atoms with van der Waals surface area (Å²) in [5.41, 5.74) is -1.43. The number of carbonyl (C=O) groups is 11. The Labute approximate surface area is 701 Å². The van der Waals surface area contributed by atoms with Gasteiger partial charge in [-0.3, -0.25) is 52.7 Å². The predicted molar refractivity (Wildman–Crippen MR) is 425 cm³/mol. The molecular weight excluding hydrogens is 1580 g/mol. The van der Waals surface area contributed by atoms with Crippen molar-refractivity contribution >= 4 is 64.9 Å². The first-order valence-electron chi connectivity index (χ1n) is 42.6. The fraction of sp³-hybridized carbons (Fsp3) is 0.861. The molecule has 0 aromatic rings. The minimum Gasteiger partial charge on any atom is -0.396 e. The number of ether oxygens (including phenoxy) is 9. The summed E-state index contributed by atoms with van der Waals surface area (Å²) < 4.78 is 52.2. The van der Waals surface area contributed by atoms with Gasteiger partial charge in [0.15, 0.2) is 18.9 Å². The van der Waals surface area contributed by atoms with Crippen molar-refractivity contribution in [1.29, 1.82) is 0 Å². The highest BCUT2D eigenvalue weighted by Crippen LogP contribution is 2.34. The maximum absolute atomic E-state index is 14.0. The summed E-state index contributed by atoms with van der Waals surface area (Å²) in [5, 5.41) is 138. The first kappa shape index (κ1) is 106. The Kier molecular flexibility index (Phi) is 53.8. The van der Waals surface area contributed by atoms with Gasteiger partial charge in [-0.2, -0.15) is 0 Å². The molecule has 692 valence electrons. The number of Topliss-reactive ketones (excluding diaryl/α,β-unsaturated/α-hetero) is 1. The van der Waals surface area contributed by atoms with Crippen LogP contribution in [-0.2, 0) is 95.4 Å². The highest BCUT2D eigenvalue weighted by atomic mass is 16.7. The van der Waals surface area contributed by atoms with E-state index in [1.54, 1.807) is 0 Å². The number of hydrogen-bond acceptors (Lipinski definition) is 31. The molecule has 16 unspecified atom stereocenters. The summed E-state index contributed by atoms with van der Waals surface area (Å²) >= 11 is 0. The third kappa shape index (κ3) is 42.3. The van der Waals surface area contributed by atoms with Gasteiger partial charge in [-0.25, -0.2) is 0 Å². The minimum absolute atomic E-state index is 0.0727. The molecule has 4 fully saturated rings. The van der Waals surface area contributed by atoms with E-state index < -0.39 is 141 Å². The third-order valence-electron chi connectivity index (χ3n) is 20.8. The van der Waals surface area contributed by atoms with E-state index in [1.165, 1.54) is 20.8 Å². The number of carbonyl (C=O) groups excluding carboxylic acids is 11. The SMILES string of the molecule is CC(=O)NC1C(OCCCCC(=O)NCCCNC(=O)CCOCC(COCCC(=O)NCCCNC(=O)CCCCOC2OC(CO)C(O)C(O)C2NC(C)=O)(COCCC(=O)NCCCNC(=O)CCCCOC2OC(CO)C(O)C(O)C2NC(C)=O)NC(=O)CCCCCCCCCCC(=O)C2C[C@H](O)C[C@H]2CO)OC(CO)C(O)C1O. The molecule has 10 amide bonds. The Bertz CT molecular complexity index is 2750. The van der Waals surface area contributed by atoms with Gasteiger partial charge in [0, 0.05) is 144 Å². The largest absolute Gasteiger partial charge is 0.396 e. The van der Waals surface area contributed by atoms with Crippen molar-refractivity contribution in [3.8, 4) is 0 Å². The molecule has 21 N–H and O–H groups in total. The molecule has 4 aliphatic rings. The fourth-order valence-corrected chi connectivity index (χ4v) is 14.2. The first-order valence-corrected chi connectivity index (χ1v) is 42.6. The zero-order valence-electron chi connectivity index (χ0n) is 70.0. The number of amides is 10. The molecule has 0 bridgehead atoms. The van der Waals surface area contributed by atoms with Crippen LogP contribution >= 0.6 is 0 Å². The van der Waals surface area contributed by atoms with E-state index in [2.05, 4.69) is 53.2 Å². The molecule has 1 aliphatic carbocycles. The Morgan fingerprint density at radius 3 is 0.908 bits per heavy atom. The number of unbranched alkanes of at least 4 members (excludes halogenated alkanes) is 10. The van der Waals surface area contributed by atoms with Crippen molar-refractivity contribution < 1.29 is 152 Å². The molecule has 18 atom stereocenters. The number of aliphatic hydroxyl groups excluding tert-OH is 11. The summed E-state index contributed by atoms with van der Waals surface area (Å²) in [6.07, 6.45) is -4.95. The van der Waals surface area contributed by atoms with Crippen LogP contribution in [0, 0.1) is 11.8 Å². The topological polar surface area (TPSA) is 614 Å². The Hall–Kier alpha value is -6.43. The van der Waals surface area contributed by atoms with Gasteiger partial charge in [-0.1, -0.05) is 38.5 Å². The summed E-state index contributed by atoms with van der Waals surface area (Å²) in [4.78, 5) is 139. The van der Waals surface area contributed by atoms with Gasteiger partial charge in [0.2, 0.25) is 59.1 Å². The van der Waals surface area contributed by atoms with Crippen molar-refractivity contribution in [3.05, 3.63) is 0 Å². The second-order valence-electron chi connectivity index (χ2n) is 31.1. The lowest BCUT2D eigenvalue weighted by Gasteiger charge is -2.42. The number of aliphatic hydroxyl groups is 11. The Balaban J connectivity index is 1.30. The van der Waals surface area contributed by atoms with Crippen molar-refractivity contribution in [2.45, 2.75) is 298 Å². The van der Waals surface area contributed by atoms with E-state index in [1.807, 2.05) is 0 Å². The van der Waals surface area contributed by atoms with E-state index >= 15 is 0 Å². The molecule has 41 nitrogen and oxygen atoms in total. The number of rotatable bonds is 65. The van der Waals surface area contributed by atoms with Crippen LogP contribution in [0.1, 0.15) is 194 Å². The molecular formula is C79H140N10O31. The maximum Gasteiger partial charge on any atom is 0.222 e. The van der Waals surface area contributed by atoms with Gasteiger partial charge >= 0.3 is 0 Å². The van der Waals surface area contributed by atoms with Crippen LogP contribution in [0.3, 0.4) is 0 Å². The molecule has 0 aromatic heterocycles. The van der Waals surface area contributed by atoms with Crippen LogP contribution < -0.4 is 53.2 Å². The summed E-state index contributed by atoms with van der Waals surface area (Å²) in [5.74, 6) is -4.19. The maximum atomic E-state index is 14.0. The molecule has 0 aromatic carbocycles. The number of ketones is 1. The van der Waals surface area contributed by atoms with Crippen molar-refractivity contribution in [1.82, 2.24) is 53.2 Å². The summed E-state index contributed by atoms with van der Waals surface area (Å²) in [6.45, 7) is 2.14. The molecule has 120 heavy (non-hydrogen) atoms. The van der Waals surface area contributed by atoms with Gasteiger partial charge in [-0.05, 0) is 89.4 Å². The van der Waals surface area contributed by atoms with Gasteiger partial charge < -0.3 is 152 Å². The van der Waals surface area contributed by atoms with Crippen molar-refractivity contribution in [2.75, 3.05) is 125 Å². The second kappa shape index (κ2) is 61.0. The van der Waals surface area contributed by atoms with Gasteiger partial charge in [0.05, 0.1) is 65.6 Å². The molecule has 1 saturated carbocycles. The summed E-state index contributed by atoms with van der Waals surface area (Å²) in [6, 6.07) is -3.30. The zero-order chi connectivity index (χ0) is 88.2. The minimum atomic E-state index is -1.47. The van der Waals surface area contributed by atoms with Crippen LogP contribution in [0.5, 0.6) is 0 Å². The molecule has 0 spiro atoms. The second-order valence-corrected chi connectivity index (χ2v) is 31.1. The van der Waals surface area contributed by atoms with E-state index in [-0.39, 0.29) is 209 Å². The molecule has 41 heteroatoms. The number of nitrogens with one attached hydrogen (secondary N) is 10. The van der Waals surface area contributed by atoms with Crippen LogP contribution in [0.25, 0.3) is 0 Å². The highest BCUT2D eigenvalue weighted by Gasteiger charge is 2.48. The normalized spacial score (nSPS) is 25.9. The van der Waals surface area contributed by atoms with E-state index in [4.69, 9.17) is 42.6 Å². The fourth-order valence-electron chi connectivity index (χ4n) is 14.2. The van der Waals surface area contributed by atoms with E-state index in [0.717, 1.165) is 44.9 Å². The lowest BCUT2D eigenvalue weighted by atomic mass is 9.90. The van der Waals surface area contributed by atoms with Crippen LogP contribution in [0.4, 0.5) is 0 Å². The first-order chi connectivity index (χ1) is 57.5. The van der Waals surface area contributed by atoms with Crippen molar-refractivity contribution in [3.63, 3.8) is 0 Å². The van der Waals surface area contributed by atoms with Crippen LogP contribution in [0.2, 0.25) is 0 Å². The Morgan fingerprint density at radius 1 is 0.325 bits per heavy atom. The molecule has 3 saturated heterocycles. The molecule has 3 heterocycles. The standard InChI is InChI=1S/C79H140N10O31/c1-50(94)86-67-73(109)70(106)57(44-91)118-76(67)115-35-15-12-22-60(99)80-29-18-32-83-63(102)26-38-112-47-79(89-66(105)25-11-9-7-5-4-6-8-10-21-56(98)55-42-54(97)41-53(55)43-90,48-113-39-27-64(103)84-33-19-30-81-61(100)23-13-16-36-116-77-68(87-51(2)95)74(110)71(107)58(45-92)119-77)49-114-40-28-65(104)85-34-20-31-82-62(101)24-14-17-37-117-78-69(88-52(3)96)75(111)72(108)59(46-93)120-78/h53-55,57-59,67-78,90-93,97,106-111H,4-49H2,1-3H3,(H,80,99)(H,81,100)(H,82,101)(H,83,102)(H,84,103)(H,85,104)(H,86,94)(H,87,95)(H,88,96)(H,89,105)/t53-,54+,55?,57?,58?,59?,67?,68?,69?,70?,71?,72?,73?,74?,75?,76?,77?,78?,79?/m0/s1. The van der Waals surface area contributed by atoms with Gasteiger partial charge in [-0.15, -0.1) is 0 Å². The van der Waals surface area contributed by atoms with E-state index in [9.17, 15) is 109 Å². The predicted octanol–water partition coefficient (Wildman–Crippen LogP) is -4.83. The van der Waals surface area contributed by atoms with Gasteiger partial charge in [0.25, 0.3) is 0 Å². The lowest BCUT2D eigenvalue weighted by Crippen LogP contribution is -2.64. The Morgan fingerprint density at radius 2 is 0.608 bits per heavy atom. The third-order valence-corrected chi connectivity index (χ3v) is 20.8. The summed E-state index contributed by atoms with van der Waals surface area (Å²) in [7, 11) is 0. The molecule has 3 aliphatic heterocycles. The monoisotopic (exact) mass is 1720 g/mol. The average molecular weight is 1730 g/mol. The highest BCUT2D eigenvalue weighted by molar-refractivity contribution is 5.82. The molecule has 0 radical (unpaired) electrons. The van der Waals surface area contributed by atoms with Gasteiger partial charge in [0.1, 0.15) is 84.4 Å². The smallest absolute Gasteiger partial charge is 0.222 e. The van der Waals surface area contributed by atoms with Crippen LogP contribution in [0.15, 0.2) is 0 Å². The quantitative estimate of drug-likeness (QED) is 0.0254. The zero-order valence-corrected chi connectivity index (χ0v) is 70.0. The molecule has 4 rings (SSSR count). The average Bonchev–Trinajstić information content (AvgIpc) is 0.999. The lowest BCUT2D eigenvalue weighted by molar-refractivity contribution is -0.270. The van der Waals surface area contributed by atoms with E-state index in [0.29, 0.717) is 83.5 Å².